The molecule has 2 saturated heterocycles. The van der Waals surface area contributed by atoms with Crippen molar-refractivity contribution in [2.75, 3.05) is 13.1 Å². The highest BCUT2D eigenvalue weighted by Crippen LogP contribution is 2.44. The van der Waals surface area contributed by atoms with Gasteiger partial charge in [0.05, 0.1) is 0 Å². The lowest BCUT2D eigenvalue weighted by Gasteiger charge is -2.55. The molecule has 4 rings (SSSR count). The molecule has 12 heteroatoms. The van der Waals surface area contributed by atoms with Gasteiger partial charge in [0.1, 0.15) is 11.2 Å². The molecule has 2 saturated carbocycles. The topological polar surface area (TPSA) is 186 Å². The van der Waals surface area contributed by atoms with Crippen LogP contribution in [-0.4, -0.2) is 91.6 Å². The Morgan fingerprint density at radius 3 is 1.07 bits per heavy atom. The lowest BCUT2D eigenvalue weighted by atomic mass is 9.71. The summed E-state index contributed by atoms with van der Waals surface area (Å²) >= 11 is 0. The molecular weight excluding hydrogens is 520 g/mol. The first kappa shape index (κ1) is 33.6. The van der Waals surface area contributed by atoms with Gasteiger partial charge in [-0.25, -0.2) is 19.2 Å². The van der Waals surface area contributed by atoms with Crippen LogP contribution in [0.2, 0.25) is 0 Å². The number of likely N-dealkylation sites (tertiary alicyclic amines) is 2. The van der Waals surface area contributed by atoms with E-state index in [4.69, 9.17) is 40.7 Å². The van der Waals surface area contributed by atoms with Crippen LogP contribution in [-0.2, 0) is 19.1 Å². The van der Waals surface area contributed by atoms with Crippen molar-refractivity contribution in [1.82, 2.24) is 9.80 Å². The minimum atomic E-state index is -1.82. The zero-order valence-electron chi connectivity index (χ0n) is 25.0. The summed E-state index contributed by atoms with van der Waals surface area (Å²) in [6.07, 6.45) is 10.2. The fraction of sp³-hybridized carbons (Fsp3) is 0.857. The van der Waals surface area contributed by atoms with E-state index in [2.05, 4.69) is 0 Å². The third-order valence-electron chi connectivity index (χ3n) is 8.08. The quantitative estimate of drug-likeness (QED) is 0.313. The van der Waals surface area contributed by atoms with Crippen LogP contribution in [0.5, 0.6) is 0 Å². The van der Waals surface area contributed by atoms with Crippen molar-refractivity contribution in [2.24, 2.45) is 11.5 Å². The number of nitrogens with zero attached hydrogens (tertiary/aromatic N) is 2. The normalized spacial score (nSPS) is 29.5. The predicted molar refractivity (Wildman–Crippen MR) is 149 cm³/mol. The third-order valence-corrected chi connectivity index (χ3v) is 8.08. The van der Waals surface area contributed by atoms with Crippen LogP contribution in [0, 0.1) is 0 Å². The van der Waals surface area contributed by atoms with Gasteiger partial charge in [-0.2, -0.15) is 0 Å². The van der Waals surface area contributed by atoms with Crippen molar-refractivity contribution in [3.63, 3.8) is 0 Å². The Balaban J connectivity index is 0.000000234. The zero-order valence-corrected chi connectivity index (χ0v) is 25.0. The molecule has 2 heterocycles. The highest BCUT2D eigenvalue weighted by molar-refractivity contribution is 6.27. The van der Waals surface area contributed by atoms with E-state index in [0.29, 0.717) is 12.1 Å². The molecule has 0 bridgehead atoms. The zero-order chi connectivity index (χ0) is 30.5. The Morgan fingerprint density at radius 2 is 0.900 bits per heavy atom. The van der Waals surface area contributed by atoms with Crippen molar-refractivity contribution in [2.45, 2.75) is 140 Å². The average Bonchev–Trinajstić information content (AvgIpc) is 2.77. The molecule has 0 atom stereocenters. The van der Waals surface area contributed by atoms with E-state index in [9.17, 15) is 9.59 Å². The molecule has 4 aliphatic rings. The minimum absolute atomic E-state index is 0.0677. The Labute approximate surface area is 237 Å². The molecule has 2 amide bonds. The summed E-state index contributed by atoms with van der Waals surface area (Å²) in [7, 11) is 0. The second kappa shape index (κ2) is 12.9. The molecule has 0 radical (unpaired) electrons. The maximum absolute atomic E-state index is 12.1. The summed E-state index contributed by atoms with van der Waals surface area (Å²) in [5, 5.41) is 14.8. The van der Waals surface area contributed by atoms with Gasteiger partial charge >= 0.3 is 24.1 Å². The second-order valence-electron chi connectivity index (χ2n) is 13.5. The van der Waals surface area contributed by atoms with Crippen molar-refractivity contribution < 1.29 is 38.9 Å². The molecule has 230 valence electrons. The Hall–Kier alpha value is -2.60. The number of hydrogen-bond donors (Lipinski definition) is 4. The number of aliphatic carboxylic acids is 2. The number of hydrogen-bond acceptors (Lipinski definition) is 8. The summed E-state index contributed by atoms with van der Waals surface area (Å²) in [6, 6.07) is 0.642. The molecule has 4 fully saturated rings. The molecule has 40 heavy (non-hydrogen) atoms. The summed E-state index contributed by atoms with van der Waals surface area (Å²) < 4.78 is 10.9. The van der Waals surface area contributed by atoms with E-state index in [-0.39, 0.29) is 23.3 Å². The van der Waals surface area contributed by atoms with E-state index in [1.54, 1.807) is 0 Å². The van der Waals surface area contributed by atoms with Crippen molar-refractivity contribution in [1.29, 1.82) is 0 Å². The number of amides is 2. The molecule has 12 nitrogen and oxygen atoms in total. The van der Waals surface area contributed by atoms with Gasteiger partial charge in [0.25, 0.3) is 0 Å². The van der Waals surface area contributed by atoms with Crippen LogP contribution in [0.3, 0.4) is 0 Å². The molecule has 2 aliphatic carbocycles. The Kier molecular flexibility index (Phi) is 10.9. The minimum Gasteiger partial charge on any atom is -0.473 e. The molecular formula is C28H50N4O8. The first-order valence-corrected chi connectivity index (χ1v) is 14.3. The van der Waals surface area contributed by atoms with Gasteiger partial charge in [0, 0.05) is 36.3 Å². The van der Waals surface area contributed by atoms with Crippen LogP contribution in [0.25, 0.3) is 0 Å². The number of rotatable bonds is 0. The average molecular weight is 571 g/mol. The Bertz CT molecular complexity index is 836. The summed E-state index contributed by atoms with van der Waals surface area (Å²) in [5.74, 6) is -3.65. The van der Waals surface area contributed by atoms with Gasteiger partial charge in [-0.05, 0) is 106 Å². The van der Waals surface area contributed by atoms with Crippen molar-refractivity contribution >= 4 is 24.1 Å². The number of ether oxygens (including phenoxy) is 2. The van der Waals surface area contributed by atoms with Crippen LogP contribution in [0.4, 0.5) is 9.59 Å². The molecule has 2 spiro atoms. The molecule has 0 aromatic carbocycles. The number of carboxylic acids is 2. The first-order valence-electron chi connectivity index (χ1n) is 14.3. The van der Waals surface area contributed by atoms with Crippen LogP contribution in [0.1, 0.15) is 106 Å². The van der Waals surface area contributed by atoms with E-state index < -0.39 is 23.1 Å². The largest absolute Gasteiger partial charge is 0.473 e. The van der Waals surface area contributed by atoms with Crippen LogP contribution in [0.15, 0.2) is 0 Å². The second-order valence-corrected chi connectivity index (χ2v) is 13.5. The Morgan fingerprint density at radius 1 is 0.625 bits per heavy atom. The van der Waals surface area contributed by atoms with Gasteiger partial charge in [0.15, 0.2) is 0 Å². The lowest BCUT2D eigenvalue weighted by Crippen LogP contribution is -2.64. The molecule has 0 aromatic rings. The molecule has 0 unspecified atom stereocenters. The smallest absolute Gasteiger partial charge is 0.414 e. The summed E-state index contributed by atoms with van der Waals surface area (Å²) in [4.78, 5) is 46.2. The van der Waals surface area contributed by atoms with Crippen molar-refractivity contribution in [3.05, 3.63) is 0 Å². The fourth-order valence-electron chi connectivity index (χ4n) is 5.68. The van der Waals surface area contributed by atoms with Crippen molar-refractivity contribution in [3.8, 4) is 0 Å². The van der Waals surface area contributed by atoms with E-state index >= 15 is 0 Å². The fourth-order valence-corrected chi connectivity index (χ4v) is 5.68. The SMILES string of the molecule is CC(C)(C)OC(=O)N1CCC12CCC(N)CC2.CC(C)(C)OC(=O)N1CCC12CCC(N)CC2.O=C(O)C(=O)O. The molecule has 6 N–H and O–H groups in total. The van der Waals surface area contributed by atoms with Gasteiger partial charge in [-0.1, -0.05) is 0 Å². The van der Waals surface area contributed by atoms with Crippen LogP contribution >= 0.6 is 0 Å². The maximum Gasteiger partial charge on any atom is 0.414 e. The van der Waals surface area contributed by atoms with Gasteiger partial charge in [0.2, 0.25) is 0 Å². The number of carbonyl (C=O) groups is 4. The van der Waals surface area contributed by atoms with E-state index in [1.165, 1.54) is 0 Å². The highest BCUT2D eigenvalue weighted by atomic mass is 16.6. The highest BCUT2D eigenvalue weighted by Gasteiger charge is 2.51. The third kappa shape index (κ3) is 9.22. The lowest BCUT2D eigenvalue weighted by molar-refractivity contribution is -0.159. The molecule has 0 aromatic heterocycles. The predicted octanol–water partition coefficient (Wildman–Crippen LogP) is 3.69. The van der Waals surface area contributed by atoms with Gasteiger partial charge in [-0.15, -0.1) is 0 Å². The first-order chi connectivity index (χ1) is 18.3. The molecule has 2 aliphatic heterocycles. The van der Waals surface area contributed by atoms with Gasteiger partial charge in [-0.3, -0.25) is 0 Å². The number of carbonyl (C=O) groups excluding carboxylic acids is 2. The maximum atomic E-state index is 12.1. The monoisotopic (exact) mass is 570 g/mol. The van der Waals surface area contributed by atoms with E-state index in [1.807, 2.05) is 51.3 Å². The van der Waals surface area contributed by atoms with Crippen LogP contribution < -0.4 is 11.5 Å². The van der Waals surface area contributed by atoms with E-state index in [0.717, 1.165) is 77.3 Å². The van der Waals surface area contributed by atoms with Gasteiger partial charge < -0.3 is 41.0 Å². The standard InChI is InChI=1S/2C13H24N2O2.C2H2O4/c2*1-12(2,3)17-11(16)15-9-8-13(15)6-4-10(14)5-7-13;3-1(4)2(5)6/h2*10H,4-9,14H2,1-3H3;(H,3,4)(H,5,6). The summed E-state index contributed by atoms with van der Waals surface area (Å²) in [5.41, 5.74) is 11.2. The summed E-state index contributed by atoms with van der Waals surface area (Å²) in [6.45, 7) is 13.1. The number of nitrogens with two attached hydrogens (primary N) is 2. The number of carboxylic acid groups (broad SMARTS) is 2.